The highest BCUT2D eigenvalue weighted by molar-refractivity contribution is 6.35. The number of nitrogens with zero attached hydrogens (tertiary/aromatic N) is 2. The molecule has 0 radical (unpaired) electrons. The van der Waals surface area contributed by atoms with Crippen molar-refractivity contribution in [3.8, 4) is 0 Å². The molecule has 3 rings (SSSR count). The number of benzene rings is 2. The lowest BCUT2D eigenvalue weighted by Gasteiger charge is -2.22. The summed E-state index contributed by atoms with van der Waals surface area (Å²) in [5, 5.41) is 8.24. The summed E-state index contributed by atoms with van der Waals surface area (Å²) >= 11 is 6.20. The molecule has 1 aromatic heterocycles. The molecule has 2 aromatic carbocycles. The van der Waals surface area contributed by atoms with E-state index < -0.39 is 5.91 Å². The van der Waals surface area contributed by atoms with Gasteiger partial charge in [0.1, 0.15) is 5.69 Å². The first-order chi connectivity index (χ1) is 14.0. The van der Waals surface area contributed by atoms with Gasteiger partial charge in [-0.25, -0.2) is 4.98 Å². The number of fused-ring (bicyclic) bond motifs is 1. The van der Waals surface area contributed by atoms with Crippen LogP contribution < -0.4 is 5.73 Å². The van der Waals surface area contributed by atoms with Crippen molar-refractivity contribution in [3.63, 3.8) is 0 Å². The Morgan fingerprint density at radius 3 is 2.41 bits per heavy atom. The summed E-state index contributed by atoms with van der Waals surface area (Å²) in [5.41, 5.74) is 7.08. The highest BCUT2D eigenvalue weighted by atomic mass is 35.5. The third kappa shape index (κ3) is 6.29. The van der Waals surface area contributed by atoms with Gasteiger partial charge >= 0.3 is 0 Å². The Morgan fingerprint density at radius 2 is 1.76 bits per heavy atom. The Kier molecular flexibility index (Phi) is 8.12. The van der Waals surface area contributed by atoms with Crippen LogP contribution in [-0.4, -0.2) is 39.8 Å². The van der Waals surface area contributed by atoms with E-state index in [1.165, 1.54) is 0 Å². The molecule has 0 aliphatic heterocycles. The van der Waals surface area contributed by atoms with Crippen LogP contribution in [0.25, 0.3) is 10.9 Å². The van der Waals surface area contributed by atoms with Crippen LogP contribution in [0, 0.1) is 0 Å². The molecule has 2 amide bonds. The second-order valence-corrected chi connectivity index (χ2v) is 6.45. The van der Waals surface area contributed by atoms with Gasteiger partial charge in [0.2, 0.25) is 5.91 Å². The molecule has 0 spiro atoms. The summed E-state index contributed by atoms with van der Waals surface area (Å²) in [6, 6.07) is 18.5. The van der Waals surface area contributed by atoms with Crippen molar-refractivity contribution in [1.29, 1.82) is 0 Å². The zero-order valence-corrected chi connectivity index (χ0v) is 16.2. The lowest BCUT2D eigenvalue weighted by Crippen LogP contribution is -2.34. The summed E-state index contributed by atoms with van der Waals surface area (Å²) in [6.45, 7) is 0.348. The van der Waals surface area contributed by atoms with Crippen LogP contribution in [0.5, 0.6) is 0 Å². The SMILES string of the molecule is NC(=O)CCN(Cc1ccccc1)C(=O)c1ccc2cccc(Cl)c2n1.O=CO. The van der Waals surface area contributed by atoms with Crippen LogP contribution in [0.4, 0.5) is 0 Å². The average Bonchev–Trinajstić information content (AvgIpc) is 2.72. The molecular weight excluding hydrogens is 394 g/mol. The van der Waals surface area contributed by atoms with Crippen LogP contribution in [-0.2, 0) is 16.1 Å². The highest BCUT2D eigenvalue weighted by Crippen LogP contribution is 2.22. The maximum atomic E-state index is 13.0. The molecule has 150 valence electrons. The predicted octanol–water partition coefficient (Wildman–Crippen LogP) is 3.11. The first kappa shape index (κ1) is 21.8. The number of carboxylic acid groups (broad SMARTS) is 1. The molecule has 3 N–H and O–H groups in total. The zero-order valence-electron chi connectivity index (χ0n) is 15.5. The lowest BCUT2D eigenvalue weighted by atomic mass is 10.1. The van der Waals surface area contributed by atoms with E-state index in [-0.39, 0.29) is 31.0 Å². The fraction of sp³-hybridized carbons (Fsp3) is 0.143. The number of carbonyl (C=O) groups is 3. The first-order valence-corrected chi connectivity index (χ1v) is 9.08. The molecule has 0 aliphatic rings. The molecule has 0 saturated heterocycles. The van der Waals surface area contributed by atoms with E-state index >= 15 is 0 Å². The molecule has 0 saturated carbocycles. The van der Waals surface area contributed by atoms with Crippen molar-refractivity contribution in [2.75, 3.05) is 6.54 Å². The van der Waals surface area contributed by atoms with Gasteiger partial charge in [-0.15, -0.1) is 0 Å². The fourth-order valence-electron chi connectivity index (χ4n) is 2.69. The van der Waals surface area contributed by atoms with Gasteiger partial charge in [0.05, 0.1) is 10.5 Å². The zero-order chi connectivity index (χ0) is 21.2. The van der Waals surface area contributed by atoms with Gasteiger partial charge in [-0.3, -0.25) is 14.4 Å². The number of nitrogens with two attached hydrogens (primary N) is 1. The van der Waals surface area contributed by atoms with Crippen LogP contribution in [0.3, 0.4) is 0 Å². The minimum Gasteiger partial charge on any atom is -0.483 e. The van der Waals surface area contributed by atoms with Gasteiger partial charge in [0, 0.05) is 24.9 Å². The number of primary amides is 1. The molecule has 0 fully saturated rings. The van der Waals surface area contributed by atoms with Crippen molar-refractivity contribution in [3.05, 3.63) is 76.9 Å². The number of pyridine rings is 1. The number of rotatable bonds is 6. The maximum Gasteiger partial charge on any atom is 0.290 e. The molecule has 29 heavy (non-hydrogen) atoms. The Hall–Kier alpha value is -3.45. The van der Waals surface area contributed by atoms with Crippen molar-refractivity contribution in [2.24, 2.45) is 5.73 Å². The second-order valence-electron chi connectivity index (χ2n) is 6.04. The van der Waals surface area contributed by atoms with Gasteiger partial charge in [0.15, 0.2) is 0 Å². The van der Waals surface area contributed by atoms with E-state index in [1.807, 2.05) is 48.5 Å². The third-order valence-corrected chi connectivity index (χ3v) is 4.33. The van der Waals surface area contributed by atoms with Crippen LogP contribution in [0.15, 0.2) is 60.7 Å². The summed E-state index contributed by atoms with van der Waals surface area (Å²) in [7, 11) is 0. The molecule has 1 heterocycles. The highest BCUT2D eigenvalue weighted by Gasteiger charge is 2.19. The van der Waals surface area contributed by atoms with Gasteiger partial charge < -0.3 is 15.7 Å². The van der Waals surface area contributed by atoms with Crippen LogP contribution >= 0.6 is 11.6 Å². The van der Waals surface area contributed by atoms with Gasteiger partial charge in [-0.05, 0) is 17.7 Å². The Balaban J connectivity index is 0.000000941. The topological polar surface area (TPSA) is 114 Å². The van der Waals surface area contributed by atoms with E-state index in [9.17, 15) is 9.59 Å². The summed E-state index contributed by atoms with van der Waals surface area (Å²) in [5.74, 6) is -0.720. The third-order valence-electron chi connectivity index (χ3n) is 4.02. The number of carbonyl (C=O) groups excluding carboxylic acids is 2. The quantitative estimate of drug-likeness (QED) is 0.603. The Bertz CT molecular complexity index is 996. The number of amides is 2. The molecule has 0 unspecified atom stereocenters. The molecule has 0 atom stereocenters. The Morgan fingerprint density at radius 1 is 1.07 bits per heavy atom. The van der Waals surface area contributed by atoms with E-state index in [2.05, 4.69) is 4.98 Å². The number of halogens is 1. The molecular formula is C21H20ClN3O4. The van der Waals surface area contributed by atoms with E-state index in [0.29, 0.717) is 17.1 Å². The minimum atomic E-state index is -0.453. The second kappa shape index (κ2) is 10.8. The predicted molar refractivity (Wildman–Crippen MR) is 110 cm³/mol. The number of aromatic nitrogens is 1. The number of para-hydroxylation sites is 1. The summed E-state index contributed by atoms with van der Waals surface area (Å²) < 4.78 is 0. The van der Waals surface area contributed by atoms with E-state index in [0.717, 1.165) is 10.9 Å². The van der Waals surface area contributed by atoms with Crippen molar-refractivity contribution < 1.29 is 19.5 Å². The molecule has 7 nitrogen and oxygen atoms in total. The normalized spacial score (nSPS) is 9.97. The monoisotopic (exact) mass is 413 g/mol. The summed E-state index contributed by atoms with van der Waals surface area (Å²) in [4.78, 5) is 38.5. The van der Waals surface area contributed by atoms with Crippen LogP contribution in [0.1, 0.15) is 22.5 Å². The first-order valence-electron chi connectivity index (χ1n) is 8.71. The van der Waals surface area contributed by atoms with Crippen molar-refractivity contribution in [2.45, 2.75) is 13.0 Å². The average molecular weight is 414 g/mol. The molecule has 0 bridgehead atoms. The van der Waals surface area contributed by atoms with Crippen LogP contribution in [0.2, 0.25) is 5.02 Å². The minimum absolute atomic E-state index is 0.0902. The van der Waals surface area contributed by atoms with Gasteiger partial charge in [-0.2, -0.15) is 0 Å². The molecule has 8 heteroatoms. The summed E-state index contributed by atoms with van der Waals surface area (Å²) in [6.07, 6.45) is 0.0902. The Labute approximate surface area is 172 Å². The lowest BCUT2D eigenvalue weighted by molar-refractivity contribution is -0.123. The van der Waals surface area contributed by atoms with E-state index in [4.69, 9.17) is 27.2 Å². The van der Waals surface area contributed by atoms with Crippen molar-refractivity contribution >= 4 is 40.8 Å². The standard InChI is InChI=1S/C20H18ClN3O2.CH2O2/c21-16-8-4-7-15-9-10-17(23-19(15)16)20(26)24(12-11-18(22)25)13-14-5-2-1-3-6-14;2-1-3/h1-10H,11-13H2,(H2,22,25);1H,(H,2,3). The number of hydrogen-bond donors (Lipinski definition) is 2. The molecule has 3 aromatic rings. The van der Waals surface area contributed by atoms with Crippen molar-refractivity contribution in [1.82, 2.24) is 9.88 Å². The van der Waals surface area contributed by atoms with E-state index in [1.54, 1.807) is 17.0 Å². The van der Waals surface area contributed by atoms with Gasteiger partial charge in [0.25, 0.3) is 12.4 Å². The molecule has 0 aliphatic carbocycles. The number of hydrogen-bond acceptors (Lipinski definition) is 4. The smallest absolute Gasteiger partial charge is 0.290 e. The fourth-order valence-corrected chi connectivity index (χ4v) is 2.92. The maximum absolute atomic E-state index is 13.0. The largest absolute Gasteiger partial charge is 0.483 e. The van der Waals surface area contributed by atoms with Gasteiger partial charge in [-0.1, -0.05) is 60.1 Å².